The summed E-state index contributed by atoms with van der Waals surface area (Å²) in [6.07, 6.45) is 0. The molecule has 0 saturated heterocycles. The molecule has 0 bridgehead atoms. The van der Waals surface area contributed by atoms with Crippen molar-refractivity contribution in [3.8, 4) is 0 Å². The van der Waals surface area contributed by atoms with Gasteiger partial charge in [0, 0.05) is 31.0 Å². The third-order valence-electron chi connectivity index (χ3n) is 3.40. The minimum absolute atomic E-state index is 0.619. The standard InChI is InChI=1S/C17H17ClN4/c1-22(2)17-20-15-10-6-4-8-13(15)16(21-17)19-11-12-7-3-5-9-14(12)18/h3-10H,11H2,1-2H3,(H,19,20,21). The highest BCUT2D eigenvalue weighted by atomic mass is 35.5. The second kappa shape index (κ2) is 6.20. The summed E-state index contributed by atoms with van der Waals surface area (Å²) in [6, 6.07) is 15.8. The van der Waals surface area contributed by atoms with Gasteiger partial charge in [0.1, 0.15) is 5.82 Å². The summed E-state index contributed by atoms with van der Waals surface area (Å²) in [7, 11) is 3.86. The van der Waals surface area contributed by atoms with Crippen molar-refractivity contribution < 1.29 is 0 Å². The summed E-state index contributed by atoms with van der Waals surface area (Å²) in [5.74, 6) is 1.49. The molecule has 0 fully saturated rings. The molecule has 0 atom stereocenters. The Bertz CT molecular complexity index is 802. The Hall–Kier alpha value is -2.33. The van der Waals surface area contributed by atoms with E-state index in [1.54, 1.807) is 0 Å². The molecular weight excluding hydrogens is 296 g/mol. The summed E-state index contributed by atoms with van der Waals surface area (Å²) >= 11 is 6.21. The van der Waals surface area contributed by atoms with Crippen LogP contribution in [-0.4, -0.2) is 24.1 Å². The fourth-order valence-electron chi connectivity index (χ4n) is 2.22. The Balaban J connectivity index is 1.97. The van der Waals surface area contributed by atoms with E-state index in [4.69, 9.17) is 11.6 Å². The van der Waals surface area contributed by atoms with Gasteiger partial charge in [-0.05, 0) is 23.8 Å². The van der Waals surface area contributed by atoms with Gasteiger partial charge >= 0.3 is 0 Å². The molecule has 0 aliphatic heterocycles. The number of anilines is 2. The van der Waals surface area contributed by atoms with Gasteiger partial charge in [-0.2, -0.15) is 4.98 Å². The lowest BCUT2D eigenvalue weighted by Gasteiger charge is -2.15. The molecule has 0 aliphatic rings. The minimum Gasteiger partial charge on any atom is -0.365 e. The van der Waals surface area contributed by atoms with E-state index in [0.29, 0.717) is 12.5 Å². The molecule has 4 nitrogen and oxygen atoms in total. The van der Waals surface area contributed by atoms with Crippen molar-refractivity contribution in [1.29, 1.82) is 0 Å². The normalized spacial score (nSPS) is 10.7. The zero-order valence-corrected chi connectivity index (χ0v) is 13.3. The van der Waals surface area contributed by atoms with Crippen molar-refractivity contribution in [3.63, 3.8) is 0 Å². The van der Waals surface area contributed by atoms with Crippen LogP contribution in [0.15, 0.2) is 48.5 Å². The van der Waals surface area contributed by atoms with Crippen molar-refractivity contribution in [3.05, 3.63) is 59.1 Å². The first-order chi connectivity index (χ1) is 10.6. The van der Waals surface area contributed by atoms with Crippen LogP contribution in [0.5, 0.6) is 0 Å². The molecule has 3 aromatic rings. The molecule has 22 heavy (non-hydrogen) atoms. The first kappa shape index (κ1) is 14.6. The van der Waals surface area contributed by atoms with Crippen molar-refractivity contribution in [2.45, 2.75) is 6.54 Å². The Labute approximate surface area is 134 Å². The molecule has 0 aliphatic carbocycles. The molecule has 2 aromatic carbocycles. The molecule has 0 unspecified atom stereocenters. The van der Waals surface area contributed by atoms with Crippen LogP contribution in [0.2, 0.25) is 5.02 Å². The smallest absolute Gasteiger partial charge is 0.227 e. The van der Waals surface area contributed by atoms with Crippen LogP contribution in [0.3, 0.4) is 0 Å². The topological polar surface area (TPSA) is 41.1 Å². The molecule has 0 radical (unpaired) electrons. The highest BCUT2D eigenvalue weighted by Gasteiger charge is 2.09. The molecule has 1 N–H and O–H groups in total. The van der Waals surface area contributed by atoms with Gasteiger partial charge in [-0.25, -0.2) is 4.98 Å². The number of aromatic nitrogens is 2. The molecule has 0 amide bonds. The summed E-state index contributed by atoms with van der Waals surface area (Å²) in [5, 5.41) is 5.13. The van der Waals surface area contributed by atoms with E-state index in [1.807, 2.05) is 67.5 Å². The van der Waals surface area contributed by atoms with Gasteiger partial charge in [-0.1, -0.05) is 41.9 Å². The Morgan fingerprint density at radius 1 is 1.00 bits per heavy atom. The number of nitrogens with zero attached hydrogens (tertiary/aromatic N) is 3. The maximum absolute atomic E-state index is 6.21. The highest BCUT2D eigenvalue weighted by molar-refractivity contribution is 6.31. The minimum atomic E-state index is 0.619. The average molecular weight is 313 g/mol. The summed E-state index contributed by atoms with van der Waals surface area (Å²) < 4.78 is 0. The monoisotopic (exact) mass is 312 g/mol. The van der Waals surface area contributed by atoms with E-state index in [1.165, 1.54) is 0 Å². The number of nitrogens with one attached hydrogen (secondary N) is 1. The fourth-order valence-corrected chi connectivity index (χ4v) is 2.42. The van der Waals surface area contributed by atoms with Crippen LogP contribution in [0.25, 0.3) is 10.9 Å². The van der Waals surface area contributed by atoms with Crippen molar-refractivity contribution in [2.75, 3.05) is 24.3 Å². The number of rotatable bonds is 4. The summed E-state index contributed by atoms with van der Waals surface area (Å²) in [6.45, 7) is 0.619. The van der Waals surface area contributed by atoms with Gasteiger partial charge in [-0.15, -0.1) is 0 Å². The zero-order chi connectivity index (χ0) is 15.5. The number of benzene rings is 2. The summed E-state index contributed by atoms with van der Waals surface area (Å²) in [4.78, 5) is 11.1. The van der Waals surface area contributed by atoms with Gasteiger partial charge in [0.2, 0.25) is 5.95 Å². The van der Waals surface area contributed by atoms with Crippen LogP contribution in [0.1, 0.15) is 5.56 Å². The molecule has 0 saturated carbocycles. The van der Waals surface area contributed by atoms with E-state index in [2.05, 4.69) is 15.3 Å². The molecule has 1 aromatic heterocycles. The number of para-hydroxylation sites is 1. The summed E-state index contributed by atoms with van der Waals surface area (Å²) in [5.41, 5.74) is 1.96. The number of hydrogen-bond donors (Lipinski definition) is 1. The Morgan fingerprint density at radius 2 is 1.73 bits per heavy atom. The quantitative estimate of drug-likeness (QED) is 0.791. The third kappa shape index (κ3) is 2.97. The predicted octanol–water partition coefficient (Wildman–Crippen LogP) is 3.96. The van der Waals surface area contributed by atoms with E-state index >= 15 is 0 Å². The second-order valence-electron chi connectivity index (χ2n) is 5.23. The van der Waals surface area contributed by atoms with E-state index < -0.39 is 0 Å². The van der Waals surface area contributed by atoms with Crippen molar-refractivity contribution in [2.24, 2.45) is 0 Å². The molecule has 0 spiro atoms. The van der Waals surface area contributed by atoms with Gasteiger partial charge in [-0.3, -0.25) is 0 Å². The number of hydrogen-bond acceptors (Lipinski definition) is 4. The highest BCUT2D eigenvalue weighted by Crippen LogP contribution is 2.24. The largest absolute Gasteiger partial charge is 0.365 e. The Morgan fingerprint density at radius 3 is 2.50 bits per heavy atom. The lowest BCUT2D eigenvalue weighted by Crippen LogP contribution is -2.14. The third-order valence-corrected chi connectivity index (χ3v) is 3.76. The van der Waals surface area contributed by atoms with Crippen molar-refractivity contribution >= 4 is 34.3 Å². The van der Waals surface area contributed by atoms with E-state index in [-0.39, 0.29) is 0 Å². The molecule has 112 valence electrons. The zero-order valence-electron chi connectivity index (χ0n) is 12.5. The van der Waals surface area contributed by atoms with E-state index in [9.17, 15) is 0 Å². The SMILES string of the molecule is CN(C)c1nc(NCc2ccccc2Cl)c2ccccc2n1. The van der Waals surface area contributed by atoms with Gasteiger partial charge in [0.15, 0.2) is 0 Å². The fraction of sp³-hybridized carbons (Fsp3) is 0.176. The van der Waals surface area contributed by atoms with Crippen molar-refractivity contribution in [1.82, 2.24) is 9.97 Å². The maximum Gasteiger partial charge on any atom is 0.227 e. The lowest BCUT2D eigenvalue weighted by atomic mass is 10.2. The molecular formula is C17H17ClN4. The first-order valence-corrected chi connectivity index (χ1v) is 7.44. The van der Waals surface area contributed by atoms with Crippen LogP contribution in [-0.2, 0) is 6.54 Å². The van der Waals surface area contributed by atoms with Crippen LogP contribution < -0.4 is 10.2 Å². The first-order valence-electron chi connectivity index (χ1n) is 7.06. The van der Waals surface area contributed by atoms with Crippen LogP contribution >= 0.6 is 11.6 Å². The average Bonchev–Trinajstić information content (AvgIpc) is 2.53. The number of fused-ring (bicyclic) bond motifs is 1. The lowest BCUT2D eigenvalue weighted by molar-refractivity contribution is 1.01. The van der Waals surface area contributed by atoms with Gasteiger partial charge < -0.3 is 10.2 Å². The molecule has 3 rings (SSSR count). The van der Waals surface area contributed by atoms with Crippen LogP contribution in [0.4, 0.5) is 11.8 Å². The van der Waals surface area contributed by atoms with Crippen LogP contribution in [0, 0.1) is 0 Å². The van der Waals surface area contributed by atoms with Gasteiger partial charge in [0.05, 0.1) is 5.52 Å². The molecule has 5 heteroatoms. The molecule has 1 heterocycles. The predicted molar refractivity (Wildman–Crippen MR) is 92.6 cm³/mol. The van der Waals surface area contributed by atoms with Gasteiger partial charge in [0.25, 0.3) is 0 Å². The Kier molecular flexibility index (Phi) is 4.11. The second-order valence-corrected chi connectivity index (χ2v) is 5.64. The van der Waals surface area contributed by atoms with E-state index in [0.717, 1.165) is 27.3 Å². The maximum atomic E-state index is 6.21. The number of halogens is 1.